The molecule has 0 spiro atoms. The Balaban J connectivity index is 1.52. The Morgan fingerprint density at radius 1 is 1.20 bits per heavy atom. The predicted octanol–water partition coefficient (Wildman–Crippen LogP) is 4.91. The molecular formula is C27H41NO2. The standard InChI is InChI=1S/C27H41NO2/c1-20-9-8-11-22(15-20)19-27(2,30)13-12-24-25-17-21(16-23(25)18-26(24)29)10-6-5-7-14-28(3)4/h8-9,11-13,15-16,23-26,29-30H,5-7,10,14,17-19H2,1-4H3/b13-12+/t23-,24+,25-,26+,27+/m0/s1. The lowest BCUT2D eigenvalue weighted by atomic mass is 9.86. The van der Waals surface area contributed by atoms with Gasteiger partial charge in [-0.2, -0.15) is 0 Å². The largest absolute Gasteiger partial charge is 0.392 e. The van der Waals surface area contributed by atoms with Gasteiger partial charge in [-0.1, -0.05) is 60.1 Å². The summed E-state index contributed by atoms with van der Waals surface area (Å²) in [4.78, 5) is 2.26. The monoisotopic (exact) mass is 411 g/mol. The third kappa shape index (κ3) is 6.54. The van der Waals surface area contributed by atoms with E-state index < -0.39 is 5.60 Å². The number of unbranched alkanes of at least 4 members (excludes halogenated alkanes) is 2. The Morgan fingerprint density at radius 3 is 2.73 bits per heavy atom. The molecule has 1 aromatic rings. The number of fused-ring (bicyclic) bond motifs is 1. The van der Waals surface area contributed by atoms with Crippen LogP contribution in [-0.4, -0.2) is 47.5 Å². The van der Waals surface area contributed by atoms with Crippen LogP contribution >= 0.6 is 0 Å². The smallest absolute Gasteiger partial charge is 0.0839 e. The highest BCUT2D eigenvalue weighted by Gasteiger charge is 2.43. The molecule has 30 heavy (non-hydrogen) atoms. The first-order valence-corrected chi connectivity index (χ1v) is 11.7. The van der Waals surface area contributed by atoms with Crippen molar-refractivity contribution in [2.75, 3.05) is 20.6 Å². The van der Waals surface area contributed by atoms with Crippen LogP contribution in [0.2, 0.25) is 0 Å². The number of rotatable bonds is 10. The van der Waals surface area contributed by atoms with E-state index in [1.54, 1.807) is 5.57 Å². The molecule has 2 aliphatic carbocycles. The molecule has 0 saturated heterocycles. The summed E-state index contributed by atoms with van der Waals surface area (Å²) in [5.41, 5.74) is 3.06. The molecule has 1 saturated carbocycles. The molecule has 0 unspecified atom stereocenters. The summed E-state index contributed by atoms with van der Waals surface area (Å²) in [6.07, 6.45) is 13.8. The van der Waals surface area contributed by atoms with Crippen LogP contribution in [0, 0.1) is 24.7 Å². The van der Waals surface area contributed by atoms with E-state index in [0.29, 0.717) is 18.3 Å². The summed E-state index contributed by atoms with van der Waals surface area (Å²) in [7, 11) is 4.27. The van der Waals surface area contributed by atoms with E-state index in [1.165, 1.54) is 37.8 Å². The van der Waals surface area contributed by atoms with Gasteiger partial charge in [0.2, 0.25) is 0 Å². The summed E-state index contributed by atoms with van der Waals surface area (Å²) < 4.78 is 0. The molecular weight excluding hydrogens is 370 g/mol. The highest BCUT2D eigenvalue weighted by molar-refractivity contribution is 5.26. The second-order valence-electron chi connectivity index (χ2n) is 10.2. The van der Waals surface area contributed by atoms with Gasteiger partial charge in [0.05, 0.1) is 11.7 Å². The van der Waals surface area contributed by atoms with Crippen LogP contribution in [-0.2, 0) is 6.42 Å². The van der Waals surface area contributed by atoms with Crippen molar-refractivity contribution in [3.05, 3.63) is 59.2 Å². The van der Waals surface area contributed by atoms with E-state index in [9.17, 15) is 10.2 Å². The van der Waals surface area contributed by atoms with Crippen LogP contribution in [0.25, 0.3) is 0 Å². The van der Waals surface area contributed by atoms with Crippen molar-refractivity contribution in [2.45, 2.75) is 70.5 Å². The van der Waals surface area contributed by atoms with Gasteiger partial charge in [0, 0.05) is 12.3 Å². The fraction of sp³-hybridized carbons (Fsp3) is 0.630. The van der Waals surface area contributed by atoms with E-state index in [1.807, 2.05) is 19.1 Å². The molecule has 0 aliphatic heterocycles. The third-order valence-electron chi connectivity index (χ3n) is 6.88. The lowest BCUT2D eigenvalue weighted by molar-refractivity contribution is 0.108. The van der Waals surface area contributed by atoms with Crippen molar-refractivity contribution in [2.24, 2.45) is 17.8 Å². The average Bonchev–Trinajstić information content (AvgIpc) is 3.15. The van der Waals surface area contributed by atoms with E-state index in [0.717, 1.165) is 18.4 Å². The number of aliphatic hydroxyl groups is 2. The lowest BCUT2D eigenvalue weighted by Crippen LogP contribution is -2.26. The topological polar surface area (TPSA) is 43.7 Å². The van der Waals surface area contributed by atoms with Crippen LogP contribution in [0.5, 0.6) is 0 Å². The van der Waals surface area contributed by atoms with Gasteiger partial charge in [-0.25, -0.2) is 0 Å². The Labute approximate surface area is 183 Å². The maximum atomic E-state index is 10.9. The van der Waals surface area contributed by atoms with Gasteiger partial charge in [0.15, 0.2) is 0 Å². The number of hydrogen-bond donors (Lipinski definition) is 2. The summed E-state index contributed by atoms with van der Waals surface area (Å²) in [5.74, 6) is 1.16. The quantitative estimate of drug-likeness (QED) is 0.425. The van der Waals surface area contributed by atoms with Gasteiger partial charge >= 0.3 is 0 Å². The second kappa shape index (κ2) is 10.3. The normalized spacial score (nSPS) is 28.2. The van der Waals surface area contributed by atoms with Gasteiger partial charge in [0.1, 0.15) is 0 Å². The first-order valence-electron chi connectivity index (χ1n) is 11.7. The van der Waals surface area contributed by atoms with Gasteiger partial charge < -0.3 is 15.1 Å². The minimum absolute atomic E-state index is 0.154. The van der Waals surface area contributed by atoms with Crippen molar-refractivity contribution < 1.29 is 10.2 Å². The Kier molecular flexibility index (Phi) is 7.95. The molecule has 0 aromatic heterocycles. The molecule has 3 nitrogen and oxygen atoms in total. The highest BCUT2D eigenvalue weighted by atomic mass is 16.3. The fourth-order valence-electron chi connectivity index (χ4n) is 5.36. The van der Waals surface area contributed by atoms with Crippen LogP contribution < -0.4 is 0 Å². The van der Waals surface area contributed by atoms with Crippen LogP contribution in [0.3, 0.4) is 0 Å². The molecule has 1 aromatic carbocycles. The van der Waals surface area contributed by atoms with E-state index in [-0.39, 0.29) is 12.0 Å². The number of benzene rings is 1. The summed E-state index contributed by atoms with van der Waals surface area (Å²) >= 11 is 0. The summed E-state index contributed by atoms with van der Waals surface area (Å²) in [6.45, 7) is 5.12. The molecule has 3 rings (SSSR count). The summed E-state index contributed by atoms with van der Waals surface area (Å²) in [6, 6.07) is 8.33. The second-order valence-corrected chi connectivity index (χ2v) is 10.2. The number of aryl methyl sites for hydroxylation is 1. The minimum Gasteiger partial charge on any atom is -0.392 e. The summed E-state index contributed by atoms with van der Waals surface area (Å²) in [5, 5.41) is 21.6. The first kappa shape index (κ1) is 23.2. The van der Waals surface area contributed by atoms with Crippen molar-refractivity contribution in [3.8, 4) is 0 Å². The molecule has 0 heterocycles. The number of allylic oxidation sites excluding steroid dienone is 2. The molecule has 0 bridgehead atoms. The van der Waals surface area contributed by atoms with Crippen LogP contribution in [0.1, 0.15) is 56.6 Å². The first-order chi connectivity index (χ1) is 14.2. The highest BCUT2D eigenvalue weighted by Crippen LogP contribution is 2.48. The Hall–Kier alpha value is -1.42. The molecule has 2 N–H and O–H groups in total. The van der Waals surface area contributed by atoms with E-state index >= 15 is 0 Å². The average molecular weight is 412 g/mol. The maximum Gasteiger partial charge on any atom is 0.0839 e. The SMILES string of the molecule is Cc1cccc(C[C@](C)(O)/C=C/[C@@H]2[C@H]3CC(CCCCCN(C)C)=C[C@H]3C[C@H]2O)c1. The molecule has 1 fully saturated rings. The van der Waals surface area contributed by atoms with E-state index in [2.05, 4.69) is 56.3 Å². The van der Waals surface area contributed by atoms with Gasteiger partial charge in [-0.05, 0) is 84.0 Å². The molecule has 3 heteroatoms. The number of aliphatic hydroxyl groups excluding tert-OH is 1. The third-order valence-corrected chi connectivity index (χ3v) is 6.88. The van der Waals surface area contributed by atoms with Crippen molar-refractivity contribution in [1.29, 1.82) is 0 Å². The fourth-order valence-corrected chi connectivity index (χ4v) is 5.36. The lowest BCUT2D eigenvalue weighted by Gasteiger charge is -2.23. The zero-order valence-electron chi connectivity index (χ0n) is 19.3. The van der Waals surface area contributed by atoms with Crippen molar-refractivity contribution in [1.82, 2.24) is 4.90 Å². The zero-order chi connectivity index (χ0) is 21.7. The predicted molar refractivity (Wildman–Crippen MR) is 125 cm³/mol. The number of nitrogens with zero attached hydrogens (tertiary/aromatic N) is 1. The van der Waals surface area contributed by atoms with Crippen molar-refractivity contribution >= 4 is 0 Å². The number of hydrogen-bond acceptors (Lipinski definition) is 3. The van der Waals surface area contributed by atoms with Gasteiger partial charge in [-0.15, -0.1) is 0 Å². The minimum atomic E-state index is -0.896. The van der Waals surface area contributed by atoms with Crippen LogP contribution in [0.4, 0.5) is 0 Å². The maximum absolute atomic E-state index is 10.9. The molecule has 0 amide bonds. The van der Waals surface area contributed by atoms with Crippen LogP contribution in [0.15, 0.2) is 48.1 Å². The molecule has 5 atom stereocenters. The van der Waals surface area contributed by atoms with Gasteiger partial charge in [0.25, 0.3) is 0 Å². The molecule has 0 radical (unpaired) electrons. The Bertz CT molecular complexity index is 749. The van der Waals surface area contributed by atoms with E-state index in [4.69, 9.17) is 0 Å². The Morgan fingerprint density at radius 2 is 2.00 bits per heavy atom. The molecule has 2 aliphatic rings. The molecule has 166 valence electrons. The van der Waals surface area contributed by atoms with Gasteiger partial charge in [-0.3, -0.25) is 0 Å². The zero-order valence-corrected chi connectivity index (χ0v) is 19.3. The van der Waals surface area contributed by atoms with Crippen molar-refractivity contribution in [3.63, 3.8) is 0 Å².